The zero-order chi connectivity index (χ0) is 19.2. The van der Waals surface area contributed by atoms with Crippen molar-refractivity contribution in [2.45, 2.75) is 20.0 Å². The smallest absolute Gasteiger partial charge is 0.255 e. The molecule has 1 amide bonds. The summed E-state index contributed by atoms with van der Waals surface area (Å²) in [4.78, 5) is 16.8. The van der Waals surface area contributed by atoms with Gasteiger partial charge in [-0.1, -0.05) is 29.8 Å². The van der Waals surface area contributed by atoms with Crippen molar-refractivity contribution < 1.29 is 9.53 Å². The number of nitrogens with one attached hydrogen (secondary N) is 2. The van der Waals surface area contributed by atoms with Gasteiger partial charge >= 0.3 is 0 Å². The van der Waals surface area contributed by atoms with Gasteiger partial charge in [-0.2, -0.15) is 0 Å². The zero-order valence-electron chi connectivity index (χ0n) is 15.1. The minimum Gasteiger partial charge on any atom is -0.489 e. The maximum atomic E-state index is 12.5. The third-order valence-electron chi connectivity index (χ3n) is 3.62. The summed E-state index contributed by atoms with van der Waals surface area (Å²) in [5.74, 6) is 1.03. The van der Waals surface area contributed by atoms with Gasteiger partial charge in [0.05, 0.1) is 11.8 Å². The summed E-state index contributed by atoms with van der Waals surface area (Å²) in [6.45, 7) is 3.94. The maximum Gasteiger partial charge on any atom is 0.255 e. The minimum atomic E-state index is -0.241. The Hall–Kier alpha value is -3.05. The van der Waals surface area contributed by atoms with Crippen molar-refractivity contribution in [3.8, 4) is 5.75 Å². The summed E-state index contributed by atoms with van der Waals surface area (Å²) >= 11 is 5.96. The third kappa shape index (κ3) is 5.21. The monoisotopic (exact) mass is 381 g/mol. The Morgan fingerprint density at radius 1 is 1.07 bits per heavy atom. The molecular weight excluding hydrogens is 362 g/mol. The fourth-order valence-electron chi connectivity index (χ4n) is 2.47. The van der Waals surface area contributed by atoms with E-state index in [0.717, 1.165) is 11.4 Å². The molecule has 2 aromatic carbocycles. The molecule has 0 unspecified atom stereocenters. The number of pyridine rings is 1. The van der Waals surface area contributed by atoms with E-state index in [-0.39, 0.29) is 12.0 Å². The molecule has 0 fully saturated rings. The van der Waals surface area contributed by atoms with Crippen LogP contribution in [0.15, 0.2) is 66.9 Å². The van der Waals surface area contributed by atoms with Gasteiger partial charge in [0.15, 0.2) is 0 Å². The van der Waals surface area contributed by atoms with Gasteiger partial charge < -0.3 is 15.4 Å². The van der Waals surface area contributed by atoms with E-state index in [4.69, 9.17) is 16.3 Å². The molecule has 0 bridgehead atoms. The SMILES string of the molecule is CC(C)Oc1ccccc1Nc1cc(C(=O)Nc2cccc(Cl)c2)ccn1. The van der Waals surface area contributed by atoms with Crippen LogP contribution in [-0.4, -0.2) is 17.0 Å². The molecule has 27 heavy (non-hydrogen) atoms. The normalized spacial score (nSPS) is 10.5. The number of rotatable bonds is 6. The molecule has 0 saturated heterocycles. The first-order chi connectivity index (χ1) is 13.0. The summed E-state index contributed by atoms with van der Waals surface area (Å²) in [6.07, 6.45) is 1.64. The second-order valence-electron chi connectivity index (χ2n) is 6.18. The number of amides is 1. The van der Waals surface area contributed by atoms with E-state index in [2.05, 4.69) is 15.6 Å². The quantitative estimate of drug-likeness (QED) is 0.590. The van der Waals surface area contributed by atoms with Crippen molar-refractivity contribution in [3.63, 3.8) is 0 Å². The third-order valence-corrected chi connectivity index (χ3v) is 3.85. The number of benzene rings is 2. The molecule has 5 nitrogen and oxygen atoms in total. The average Bonchev–Trinajstić information content (AvgIpc) is 2.63. The number of anilines is 3. The Balaban J connectivity index is 1.77. The highest BCUT2D eigenvalue weighted by Crippen LogP contribution is 2.28. The zero-order valence-corrected chi connectivity index (χ0v) is 15.8. The molecule has 0 saturated carbocycles. The van der Waals surface area contributed by atoms with Crippen molar-refractivity contribution >= 4 is 34.7 Å². The number of nitrogens with zero attached hydrogens (tertiary/aromatic N) is 1. The predicted molar refractivity (Wildman–Crippen MR) is 109 cm³/mol. The largest absolute Gasteiger partial charge is 0.489 e. The maximum absolute atomic E-state index is 12.5. The topological polar surface area (TPSA) is 63.2 Å². The number of aromatic nitrogens is 1. The van der Waals surface area contributed by atoms with Crippen molar-refractivity contribution in [2.75, 3.05) is 10.6 Å². The lowest BCUT2D eigenvalue weighted by Crippen LogP contribution is -2.12. The van der Waals surface area contributed by atoms with Crippen LogP contribution in [0.1, 0.15) is 24.2 Å². The molecule has 2 N–H and O–H groups in total. The Bertz CT molecular complexity index is 944. The summed E-state index contributed by atoms with van der Waals surface area (Å²) < 4.78 is 5.80. The van der Waals surface area contributed by atoms with Gasteiger partial charge in [0.25, 0.3) is 5.91 Å². The van der Waals surface area contributed by atoms with E-state index in [1.54, 1.807) is 42.6 Å². The van der Waals surface area contributed by atoms with Crippen LogP contribution in [0.5, 0.6) is 5.75 Å². The molecule has 138 valence electrons. The summed E-state index contributed by atoms with van der Waals surface area (Å²) in [5, 5.41) is 6.59. The van der Waals surface area contributed by atoms with Gasteiger partial charge in [-0.3, -0.25) is 4.79 Å². The van der Waals surface area contributed by atoms with Gasteiger partial charge in [0, 0.05) is 22.5 Å². The fraction of sp³-hybridized carbons (Fsp3) is 0.143. The molecule has 1 aromatic heterocycles. The minimum absolute atomic E-state index is 0.0516. The first kappa shape index (κ1) is 18.7. The van der Waals surface area contributed by atoms with Crippen LogP contribution in [0, 0.1) is 0 Å². The van der Waals surface area contributed by atoms with Gasteiger partial charge in [-0.05, 0) is 56.3 Å². The van der Waals surface area contributed by atoms with Crippen molar-refractivity contribution in [3.05, 3.63) is 77.4 Å². The number of ether oxygens (including phenoxy) is 1. The molecule has 0 spiro atoms. The van der Waals surface area contributed by atoms with E-state index in [9.17, 15) is 4.79 Å². The van der Waals surface area contributed by atoms with E-state index in [0.29, 0.717) is 22.1 Å². The number of hydrogen-bond donors (Lipinski definition) is 2. The first-order valence-electron chi connectivity index (χ1n) is 8.57. The lowest BCUT2D eigenvalue weighted by atomic mass is 10.2. The average molecular weight is 382 g/mol. The van der Waals surface area contributed by atoms with Gasteiger partial charge in [-0.25, -0.2) is 4.98 Å². The van der Waals surface area contributed by atoms with Crippen molar-refractivity contribution in [1.29, 1.82) is 0 Å². The lowest BCUT2D eigenvalue weighted by molar-refractivity contribution is 0.102. The number of carbonyl (C=O) groups is 1. The van der Waals surface area contributed by atoms with Crippen molar-refractivity contribution in [1.82, 2.24) is 4.98 Å². The summed E-state index contributed by atoms with van der Waals surface area (Å²) in [6, 6.07) is 18.0. The molecule has 3 aromatic rings. The Kier molecular flexibility index (Phi) is 5.94. The van der Waals surface area contributed by atoms with E-state index >= 15 is 0 Å². The second-order valence-corrected chi connectivity index (χ2v) is 6.62. The Labute approximate surface area is 163 Å². The molecule has 0 aliphatic heterocycles. The summed E-state index contributed by atoms with van der Waals surface area (Å²) in [7, 11) is 0. The molecule has 0 radical (unpaired) electrons. The highest BCUT2D eigenvalue weighted by atomic mass is 35.5. The highest BCUT2D eigenvalue weighted by Gasteiger charge is 2.10. The molecule has 0 atom stereocenters. The van der Waals surface area contributed by atoms with Gasteiger partial charge in [-0.15, -0.1) is 0 Å². The Morgan fingerprint density at radius 3 is 2.67 bits per heavy atom. The molecule has 3 rings (SSSR count). The standard InChI is InChI=1S/C21H20ClN3O2/c1-14(2)27-19-9-4-3-8-18(19)25-20-12-15(10-11-23-20)21(26)24-17-7-5-6-16(22)13-17/h3-14H,1-2H3,(H,23,25)(H,24,26). The molecule has 0 aliphatic rings. The summed E-state index contributed by atoms with van der Waals surface area (Å²) in [5.41, 5.74) is 1.90. The van der Waals surface area contributed by atoms with Crippen LogP contribution in [0.25, 0.3) is 0 Å². The van der Waals surface area contributed by atoms with Gasteiger partial charge in [0.1, 0.15) is 11.6 Å². The van der Waals surface area contributed by atoms with E-state index in [1.807, 2.05) is 38.1 Å². The van der Waals surface area contributed by atoms with Gasteiger partial charge in [0.2, 0.25) is 0 Å². The van der Waals surface area contributed by atoms with Crippen LogP contribution in [0.4, 0.5) is 17.2 Å². The van der Waals surface area contributed by atoms with Crippen LogP contribution in [0.3, 0.4) is 0 Å². The number of carbonyl (C=O) groups excluding carboxylic acids is 1. The Morgan fingerprint density at radius 2 is 1.89 bits per heavy atom. The molecular formula is C21H20ClN3O2. The fourth-order valence-corrected chi connectivity index (χ4v) is 2.66. The lowest BCUT2D eigenvalue weighted by Gasteiger charge is -2.15. The molecule has 1 heterocycles. The van der Waals surface area contributed by atoms with E-state index in [1.165, 1.54) is 0 Å². The van der Waals surface area contributed by atoms with Crippen LogP contribution in [-0.2, 0) is 0 Å². The van der Waals surface area contributed by atoms with Crippen LogP contribution >= 0.6 is 11.6 Å². The first-order valence-corrected chi connectivity index (χ1v) is 8.95. The molecule has 6 heteroatoms. The van der Waals surface area contributed by atoms with Crippen LogP contribution in [0.2, 0.25) is 5.02 Å². The highest BCUT2D eigenvalue weighted by molar-refractivity contribution is 6.31. The number of hydrogen-bond acceptors (Lipinski definition) is 4. The second kappa shape index (κ2) is 8.56. The number of halogens is 1. The van der Waals surface area contributed by atoms with Crippen LogP contribution < -0.4 is 15.4 Å². The van der Waals surface area contributed by atoms with E-state index < -0.39 is 0 Å². The number of para-hydroxylation sites is 2. The predicted octanol–water partition coefficient (Wildman–Crippen LogP) is 5.52. The van der Waals surface area contributed by atoms with Crippen molar-refractivity contribution in [2.24, 2.45) is 0 Å². The molecule has 0 aliphatic carbocycles.